The van der Waals surface area contributed by atoms with E-state index in [-0.39, 0.29) is 11.6 Å². The number of benzene rings is 2. The summed E-state index contributed by atoms with van der Waals surface area (Å²) in [4.78, 5) is 20.5. The van der Waals surface area contributed by atoms with Crippen molar-refractivity contribution in [1.82, 2.24) is 15.3 Å². The first-order valence-electron chi connectivity index (χ1n) is 8.66. The van der Waals surface area contributed by atoms with Gasteiger partial charge in [-0.2, -0.15) is 5.26 Å². The zero-order valence-electron chi connectivity index (χ0n) is 14.7. The van der Waals surface area contributed by atoms with Crippen LogP contribution in [0.5, 0.6) is 0 Å². The van der Waals surface area contributed by atoms with Crippen molar-refractivity contribution >= 4 is 17.4 Å². The van der Waals surface area contributed by atoms with Crippen LogP contribution in [0.2, 0.25) is 0 Å². The quantitative estimate of drug-likeness (QED) is 0.632. The van der Waals surface area contributed by atoms with Crippen LogP contribution in [-0.2, 0) is 6.42 Å². The first-order chi connectivity index (χ1) is 13.3. The number of para-hydroxylation sites is 1. The van der Waals surface area contributed by atoms with Gasteiger partial charge in [0, 0.05) is 12.6 Å². The minimum absolute atomic E-state index is 0.248. The molecule has 0 aliphatic rings. The molecular formula is C21H19N5O. The predicted molar refractivity (Wildman–Crippen MR) is 104 cm³/mol. The van der Waals surface area contributed by atoms with E-state index in [0.717, 1.165) is 12.8 Å². The van der Waals surface area contributed by atoms with Crippen molar-refractivity contribution in [1.29, 1.82) is 5.26 Å². The number of hydrogen-bond donors (Lipinski definition) is 2. The van der Waals surface area contributed by atoms with Gasteiger partial charge in [-0.1, -0.05) is 42.5 Å². The van der Waals surface area contributed by atoms with Gasteiger partial charge in [-0.25, -0.2) is 9.97 Å². The third kappa shape index (κ3) is 5.13. The number of nitriles is 1. The monoisotopic (exact) mass is 357 g/mol. The number of nitrogens with zero attached hydrogens (tertiary/aromatic N) is 3. The zero-order chi connectivity index (χ0) is 18.9. The Bertz CT molecular complexity index is 950. The molecule has 3 aromatic rings. The van der Waals surface area contributed by atoms with E-state index in [0.29, 0.717) is 23.6 Å². The Morgan fingerprint density at radius 2 is 1.81 bits per heavy atom. The lowest BCUT2D eigenvalue weighted by molar-refractivity contribution is 0.0948. The van der Waals surface area contributed by atoms with Crippen LogP contribution in [0.25, 0.3) is 0 Å². The minimum atomic E-state index is -0.248. The highest BCUT2D eigenvalue weighted by Crippen LogP contribution is 2.18. The molecule has 3 rings (SSSR count). The van der Waals surface area contributed by atoms with Crippen molar-refractivity contribution in [3.63, 3.8) is 0 Å². The third-order valence-electron chi connectivity index (χ3n) is 3.98. The maximum atomic E-state index is 12.3. The van der Waals surface area contributed by atoms with E-state index < -0.39 is 0 Å². The molecule has 6 heteroatoms. The molecule has 2 N–H and O–H groups in total. The zero-order valence-corrected chi connectivity index (χ0v) is 14.7. The summed E-state index contributed by atoms with van der Waals surface area (Å²) in [5.74, 6) is 0.212. The van der Waals surface area contributed by atoms with E-state index in [4.69, 9.17) is 5.26 Å². The second-order valence-corrected chi connectivity index (χ2v) is 5.92. The summed E-state index contributed by atoms with van der Waals surface area (Å²) in [6, 6.07) is 20.9. The Morgan fingerprint density at radius 3 is 2.63 bits per heavy atom. The molecular weight excluding hydrogens is 338 g/mol. The number of carbonyl (C=O) groups excluding carboxylic acids is 1. The first kappa shape index (κ1) is 18.1. The minimum Gasteiger partial charge on any atom is -0.351 e. The van der Waals surface area contributed by atoms with E-state index in [9.17, 15) is 4.79 Å². The van der Waals surface area contributed by atoms with Gasteiger partial charge in [0.2, 0.25) is 0 Å². The van der Waals surface area contributed by atoms with Crippen molar-refractivity contribution in [2.75, 3.05) is 11.9 Å². The van der Waals surface area contributed by atoms with Gasteiger partial charge in [0.25, 0.3) is 5.91 Å². The number of anilines is 2. The van der Waals surface area contributed by atoms with Gasteiger partial charge >= 0.3 is 0 Å². The van der Waals surface area contributed by atoms with Crippen LogP contribution < -0.4 is 10.6 Å². The number of hydrogen-bond acceptors (Lipinski definition) is 5. The van der Waals surface area contributed by atoms with Gasteiger partial charge in [0.15, 0.2) is 0 Å². The fourth-order valence-corrected chi connectivity index (χ4v) is 2.61. The molecule has 0 bridgehead atoms. The first-order valence-corrected chi connectivity index (χ1v) is 8.66. The molecule has 27 heavy (non-hydrogen) atoms. The Labute approximate surface area is 157 Å². The Morgan fingerprint density at radius 1 is 1.04 bits per heavy atom. The normalized spacial score (nSPS) is 10.0. The van der Waals surface area contributed by atoms with Gasteiger partial charge in [-0.05, 0) is 30.5 Å². The van der Waals surface area contributed by atoms with Crippen molar-refractivity contribution in [2.24, 2.45) is 0 Å². The molecule has 2 aromatic carbocycles. The van der Waals surface area contributed by atoms with Crippen molar-refractivity contribution in [3.05, 3.63) is 83.8 Å². The van der Waals surface area contributed by atoms with Crippen LogP contribution in [0, 0.1) is 11.3 Å². The predicted octanol–water partition coefficient (Wildman–Crippen LogP) is 3.45. The molecule has 1 aromatic heterocycles. The molecule has 0 aliphatic carbocycles. The van der Waals surface area contributed by atoms with Gasteiger partial charge in [-0.15, -0.1) is 0 Å². The van der Waals surface area contributed by atoms with Crippen LogP contribution in [-0.4, -0.2) is 22.4 Å². The Kier molecular flexibility index (Phi) is 6.10. The van der Waals surface area contributed by atoms with Crippen LogP contribution in [0.1, 0.15) is 28.0 Å². The molecule has 0 atom stereocenters. The molecule has 134 valence electrons. The largest absolute Gasteiger partial charge is 0.351 e. The van der Waals surface area contributed by atoms with Crippen LogP contribution in [0.3, 0.4) is 0 Å². The summed E-state index contributed by atoms with van der Waals surface area (Å²) < 4.78 is 0. The molecule has 0 fully saturated rings. The fourth-order valence-electron chi connectivity index (χ4n) is 2.61. The fraction of sp³-hybridized carbons (Fsp3) is 0.143. The molecule has 0 spiro atoms. The molecule has 0 unspecified atom stereocenters. The van der Waals surface area contributed by atoms with E-state index in [1.54, 1.807) is 24.3 Å². The highest BCUT2D eigenvalue weighted by Gasteiger charge is 2.09. The summed E-state index contributed by atoms with van der Waals surface area (Å²) in [7, 11) is 0. The third-order valence-corrected chi connectivity index (χ3v) is 3.98. The van der Waals surface area contributed by atoms with Gasteiger partial charge < -0.3 is 10.6 Å². The highest BCUT2D eigenvalue weighted by atomic mass is 16.1. The lowest BCUT2D eigenvalue weighted by Gasteiger charge is -2.09. The number of aromatic nitrogens is 2. The molecule has 0 radical (unpaired) electrons. The second kappa shape index (κ2) is 9.11. The molecule has 0 saturated carbocycles. The van der Waals surface area contributed by atoms with Crippen molar-refractivity contribution in [3.8, 4) is 6.07 Å². The van der Waals surface area contributed by atoms with E-state index in [1.165, 1.54) is 11.9 Å². The van der Waals surface area contributed by atoms with Crippen LogP contribution >= 0.6 is 0 Å². The number of aryl methyl sites for hydroxylation is 1. The molecule has 0 saturated heterocycles. The summed E-state index contributed by atoms with van der Waals surface area (Å²) >= 11 is 0. The van der Waals surface area contributed by atoms with E-state index in [1.807, 2.05) is 24.3 Å². The smallest absolute Gasteiger partial charge is 0.270 e. The SMILES string of the molecule is N#Cc1ccccc1Nc1cc(C(=O)NCCCc2ccccc2)ncn1. The maximum Gasteiger partial charge on any atom is 0.270 e. The average molecular weight is 357 g/mol. The van der Waals surface area contributed by atoms with Crippen molar-refractivity contribution in [2.45, 2.75) is 12.8 Å². The maximum absolute atomic E-state index is 12.3. The molecule has 1 heterocycles. The van der Waals surface area contributed by atoms with Crippen LogP contribution in [0.4, 0.5) is 11.5 Å². The second-order valence-electron chi connectivity index (χ2n) is 5.92. The number of nitrogens with one attached hydrogen (secondary N) is 2. The highest BCUT2D eigenvalue weighted by molar-refractivity contribution is 5.93. The lowest BCUT2D eigenvalue weighted by atomic mass is 10.1. The van der Waals surface area contributed by atoms with Gasteiger partial charge in [-0.3, -0.25) is 4.79 Å². The van der Waals surface area contributed by atoms with Crippen molar-refractivity contribution < 1.29 is 4.79 Å². The Balaban J connectivity index is 1.56. The average Bonchev–Trinajstić information content (AvgIpc) is 2.72. The molecule has 1 amide bonds. The Hall–Kier alpha value is -3.72. The standard InChI is InChI=1S/C21H19N5O/c22-14-17-10-4-5-11-18(17)26-20-13-19(24-15-25-20)21(27)23-12-6-9-16-7-2-1-3-8-16/h1-5,7-8,10-11,13,15H,6,9,12H2,(H,23,27)(H,24,25,26). The summed E-state index contributed by atoms with van der Waals surface area (Å²) in [6.07, 6.45) is 3.08. The summed E-state index contributed by atoms with van der Waals surface area (Å²) in [6.45, 7) is 0.567. The van der Waals surface area contributed by atoms with Gasteiger partial charge in [0.05, 0.1) is 11.3 Å². The van der Waals surface area contributed by atoms with Crippen LogP contribution in [0.15, 0.2) is 67.0 Å². The van der Waals surface area contributed by atoms with Gasteiger partial charge in [0.1, 0.15) is 23.9 Å². The number of carbonyl (C=O) groups is 1. The molecule has 6 nitrogen and oxygen atoms in total. The lowest BCUT2D eigenvalue weighted by Crippen LogP contribution is -2.25. The summed E-state index contributed by atoms with van der Waals surface area (Å²) in [5.41, 5.74) is 2.66. The van der Waals surface area contributed by atoms with E-state index >= 15 is 0 Å². The molecule has 0 aliphatic heterocycles. The summed E-state index contributed by atoms with van der Waals surface area (Å²) in [5, 5.41) is 15.1. The van der Waals surface area contributed by atoms with E-state index in [2.05, 4.69) is 38.8 Å². The topological polar surface area (TPSA) is 90.7 Å². The number of rotatable bonds is 7. The number of amides is 1.